The largest absolute Gasteiger partial charge is 0.459 e. The Bertz CT molecular complexity index is 888. The highest BCUT2D eigenvalue weighted by Gasteiger charge is 2.35. The minimum Gasteiger partial charge on any atom is -0.459 e. The minimum atomic E-state index is -4.59. The lowest BCUT2D eigenvalue weighted by atomic mass is 10.2. The molecule has 0 amide bonds. The normalized spacial score (nSPS) is 11.2. The van der Waals surface area contributed by atoms with E-state index in [1.807, 2.05) is 30.3 Å². The lowest BCUT2D eigenvalue weighted by Crippen LogP contribution is -2.12. The van der Waals surface area contributed by atoms with Crippen molar-refractivity contribution in [3.63, 3.8) is 0 Å². The number of hydrogen-bond acceptors (Lipinski definition) is 4. The van der Waals surface area contributed by atoms with Crippen LogP contribution in [0.4, 0.5) is 24.7 Å². The van der Waals surface area contributed by atoms with Crippen LogP contribution in [0.15, 0.2) is 65.3 Å². The summed E-state index contributed by atoms with van der Waals surface area (Å²) in [6.45, 7) is 0.155. The minimum absolute atomic E-state index is 0.139. The molecule has 0 fully saturated rings. The summed E-state index contributed by atoms with van der Waals surface area (Å²) in [6, 6.07) is 15.8. The lowest BCUT2D eigenvalue weighted by molar-refractivity contribution is -0.137. The van der Waals surface area contributed by atoms with Gasteiger partial charge in [-0.15, -0.1) is 0 Å². The Kier molecular flexibility index (Phi) is 5.41. The summed E-state index contributed by atoms with van der Waals surface area (Å²) >= 11 is 3.28. The number of halogens is 4. The van der Waals surface area contributed by atoms with Crippen LogP contribution in [0.25, 0.3) is 0 Å². The van der Waals surface area contributed by atoms with Crippen LogP contribution < -0.4 is 10.1 Å². The molecule has 8 heteroatoms. The maximum absolute atomic E-state index is 13.2. The van der Waals surface area contributed by atoms with Crippen molar-refractivity contribution in [2.45, 2.75) is 12.8 Å². The number of anilines is 2. The molecule has 0 aliphatic heterocycles. The fourth-order valence-corrected chi connectivity index (χ4v) is 2.56. The SMILES string of the molecule is FC(F)(F)c1cnc(OCc2ccccc2)nc1Nc1cccc(Br)c1. The zero-order valence-electron chi connectivity index (χ0n) is 13.3. The molecular formula is C18H13BrF3N3O. The first kappa shape index (κ1) is 18.2. The van der Waals surface area contributed by atoms with Gasteiger partial charge in [0.15, 0.2) is 0 Å². The molecule has 0 unspecified atom stereocenters. The van der Waals surface area contributed by atoms with E-state index < -0.39 is 11.7 Å². The van der Waals surface area contributed by atoms with Crippen LogP contribution >= 0.6 is 15.9 Å². The van der Waals surface area contributed by atoms with Crippen LogP contribution in [0.2, 0.25) is 0 Å². The van der Waals surface area contributed by atoms with Gasteiger partial charge in [0.2, 0.25) is 0 Å². The van der Waals surface area contributed by atoms with E-state index in [-0.39, 0.29) is 18.4 Å². The van der Waals surface area contributed by atoms with Crippen LogP contribution in [0.3, 0.4) is 0 Å². The maximum atomic E-state index is 13.2. The third-order valence-electron chi connectivity index (χ3n) is 3.37. The number of aromatic nitrogens is 2. The number of rotatable bonds is 5. The molecule has 0 radical (unpaired) electrons. The Balaban J connectivity index is 1.86. The van der Waals surface area contributed by atoms with Gasteiger partial charge in [0, 0.05) is 16.4 Å². The third kappa shape index (κ3) is 4.72. The van der Waals surface area contributed by atoms with E-state index in [2.05, 4.69) is 31.2 Å². The van der Waals surface area contributed by atoms with Crippen LogP contribution in [0, 0.1) is 0 Å². The first-order valence-corrected chi connectivity index (χ1v) is 8.35. The molecule has 1 N–H and O–H groups in total. The highest BCUT2D eigenvalue weighted by Crippen LogP contribution is 2.35. The average molecular weight is 424 g/mol. The summed E-state index contributed by atoms with van der Waals surface area (Å²) in [5, 5.41) is 2.68. The summed E-state index contributed by atoms with van der Waals surface area (Å²) in [4.78, 5) is 7.58. The summed E-state index contributed by atoms with van der Waals surface area (Å²) < 4.78 is 45.9. The predicted octanol–water partition coefficient (Wildman–Crippen LogP) is 5.58. The summed E-state index contributed by atoms with van der Waals surface area (Å²) in [5.41, 5.74) is 0.347. The first-order chi connectivity index (χ1) is 12.4. The Morgan fingerprint density at radius 2 is 1.81 bits per heavy atom. The van der Waals surface area contributed by atoms with Gasteiger partial charge in [0.25, 0.3) is 0 Å². The van der Waals surface area contributed by atoms with Crippen LogP contribution in [0.5, 0.6) is 6.01 Å². The maximum Gasteiger partial charge on any atom is 0.421 e. The fourth-order valence-electron chi connectivity index (χ4n) is 2.16. The molecule has 0 bridgehead atoms. The van der Waals surface area contributed by atoms with Crippen molar-refractivity contribution in [2.24, 2.45) is 0 Å². The molecule has 3 rings (SSSR count). The van der Waals surface area contributed by atoms with Gasteiger partial charge in [-0.3, -0.25) is 0 Å². The summed E-state index contributed by atoms with van der Waals surface area (Å²) in [6.07, 6.45) is -3.88. The van der Waals surface area contributed by atoms with E-state index in [1.165, 1.54) is 0 Å². The lowest BCUT2D eigenvalue weighted by Gasteiger charge is -2.14. The van der Waals surface area contributed by atoms with Crippen LogP contribution in [-0.4, -0.2) is 9.97 Å². The van der Waals surface area contributed by atoms with Gasteiger partial charge < -0.3 is 10.1 Å². The predicted molar refractivity (Wildman–Crippen MR) is 95.2 cm³/mol. The van der Waals surface area contributed by atoms with E-state index in [0.717, 1.165) is 10.0 Å². The van der Waals surface area contributed by atoms with E-state index in [0.29, 0.717) is 11.9 Å². The van der Waals surface area contributed by atoms with Gasteiger partial charge in [0.05, 0.1) is 0 Å². The summed E-state index contributed by atoms with van der Waals surface area (Å²) in [7, 11) is 0. The molecule has 0 saturated carbocycles. The molecule has 134 valence electrons. The number of alkyl halides is 3. The van der Waals surface area contributed by atoms with Crippen molar-refractivity contribution in [1.82, 2.24) is 9.97 Å². The Morgan fingerprint density at radius 1 is 1.04 bits per heavy atom. The molecular weight excluding hydrogens is 411 g/mol. The molecule has 3 aromatic rings. The van der Waals surface area contributed by atoms with Gasteiger partial charge in [-0.2, -0.15) is 18.2 Å². The van der Waals surface area contributed by atoms with Gasteiger partial charge in [-0.1, -0.05) is 52.3 Å². The van der Waals surface area contributed by atoms with Gasteiger partial charge in [-0.05, 0) is 23.8 Å². The first-order valence-electron chi connectivity index (χ1n) is 7.55. The summed E-state index contributed by atoms with van der Waals surface area (Å²) in [5.74, 6) is -0.367. The molecule has 1 heterocycles. The van der Waals surface area contributed by atoms with E-state index in [4.69, 9.17) is 4.74 Å². The second-order valence-electron chi connectivity index (χ2n) is 5.32. The van der Waals surface area contributed by atoms with Gasteiger partial charge in [0.1, 0.15) is 18.0 Å². The van der Waals surface area contributed by atoms with E-state index in [9.17, 15) is 13.2 Å². The molecule has 0 aliphatic rings. The quantitative estimate of drug-likeness (QED) is 0.581. The van der Waals surface area contributed by atoms with Crippen LogP contribution in [0.1, 0.15) is 11.1 Å². The second kappa shape index (κ2) is 7.74. The fraction of sp³-hybridized carbons (Fsp3) is 0.111. The zero-order valence-corrected chi connectivity index (χ0v) is 14.9. The highest BCUT2D eigenvalue weighted by molar-refractivity contribution is 9.10. The van der Waals surface area contributed by atoms with Gasteiger partial charge >= 0.3 is 12.2 Å². The Hall–Kier alpha value is -2.61. The Labute approximate surface area is 156 Å². The topological polar surface area (TPSA) is 47.0 Å². The van der Waals surface area contributed by atoms with Crippen molar-refractivity contribution in [3.8, 4) is 6.01 Å². The third-order valence-corrected chi connectivity index (χ3v) is 3.86. The Morgan fingerprint density at radius 3 is 2.50 bits per heavy atom. The van der Waals surface area contributed by atoms with E-state index >= 15 is 0 Å². The molecule has 0 spiro atoms. The molecule has 0 saturated heterocycles. The average Bonchev–Trinajstić information content (AvgIpc) is 2.60. The highest BCUT2D eigenvalue weighted by atomic mass is 79.9. The number of benzene rings is 2. The van der Waals surface area contributed by atoms with Crippen molar-refractivity contribution in [1.29, 1.82) is 0 Å². The molecule has 0 aliphatic carbocycles. The molecule has 1 aromatic heterocycles. The molecule has 0 atom stereocenters. The van der Waals surface area contributed by atoms with Crippen molar-refractivity contribution in [3.05, 3.63) is 76.4 Å². The molecule has 26 heavy (non-hydrogen) atoms. The number of nitrogens with zero attached hydrogens (tertiary/aromatic N) is 2. The number of hydrogen-bond donors (Lipinski definition) is 1. The van der Waals surface area contributed by atoms with Crippen LogP contribution in [-0.2, 0) is 12.8 Å². The molecule has 2 aromatic carbocycles. The molecule has 4 nitrogen and oxygen atoms in total. The number of nitrogens with one attached hydrogen (secondary N) is 1. The van der Waals surface area contributed by atoms with E-state index in [1.54, 1.807) is 24.3 Å². The number of ether oxygens (including phenoxy) is 1. The van der Waals surface area contributed by atoms with Crippen molar-refractivity contribution < 1.29 is 17.9 Å². The monoisotopic (exact) mass is 423 g/mol. The van der Waals surface area contributed by atoms with Crippen molar-refractivity contribution in [2.75, 3.05) is 5.32 Å². The van der Waals surface area contributed by atoms with Crippen molar-refractivity contribution >= 4 is 27.4 Å². The zero-order chi connectivity index (χ0) is 18.6. The smallest absolute Gasteiger partial charge is 0.421 e. The van der Waals surface area contributed by atoms with Gasteiger partial charge in [-0.25, -0.2) is 4.98 Å². The standard InChI is InChI=1S/C18H13BrF3N3O/c19-13-7-4-8-14(9-13)24-16-15(18(20,21)22)10-23-17(25-16)26-11-12-5-2-1-3-6-12/h1-10H,11H2,(H,23,24,25). The second-order valence-corrected chi connectivity index (χ2v) is 6.24.